The van der Waals surface area contributed by atoms with E-state index in [0.717, 1.165) is 16.7 Å². The molecule has 1 aromatic carbocycles. The first-order valence-corrected chi connectivity index (χ1v) is 6.60. The SMILES string of the molecule is c1cc(-c2ncn[nH]2)cc(-c2nc(-c3ccncc3)no2)c1. The molecular weight excluding hydrogens is 280 g/mol. The van der Waals surface area contributed by atoms with E-state index in [0.29, 0.717) is 17.5 Å². The maximum Gasteiger partial charge on any atom is 0.258 e. The van der Waals surface area contributed by atoms with E-state index in [4.69, 9.17) is 4.52 Å². The minimum Gasteiger partial charge on any atom is -0.334 e. The van der Waals surface area contributed by atoms with E-state index >= 15 is 0 Å². The lowest BCUT2D eigenvalue weighted by Crippen LogP contribution is -1.84. The summed E-state index contributed by atoms with van der Waals surface area (Å²) in [6.45, 7) is 0. The zero-order chi connectivity index (χ0) is 14.8. The zero-order valence-corrected chi connectivity index (χ0v) is 11.3. The molecule has 0 radical (unpaired) electrons. The molecule has 0 saturated heterocycles. The van der Waals surface area contributed by atoms with Gasteiger partial charge in [-0.3, -0.25) is 10.1 Å². The van der Waals surface area contributed by atoms with E-state index in [1.807, 2.05) is 36.4 Å². The van der Waals surface area contributed by atoms with Crippen LogP contribution in [0.25, 0.3) is 34.2 Å². The molecule has 1 N–H and O–H groups in total. The van der Waals surface area contributed by atoms with Crippen molar-refractivity contribution in [1.29, 1.82) is 0 Å². The van der Waals surface area contributed by atoms with Gasteiger partial charge in [-0.1, -0.05) is 17.3 Å². The normalized spacial score (nSPS) is 10.7. The molecule has 0 aliphatic rings. The Morgan fingerprint density at radius 3 is 2.64 bits per heavy atom. The number of H-pyrrole nitrogens is 1. The first-order chi connectivity index (χ1) is 10.9. The third-order valence-corrected chi connectivity index (χ3v) is 3.16. The zero-order valence-electron chi connectivity index (χ0n) is 11.3. The Morgan fingerprint density at radius 2 is 1.82 bits per heavy atom. The highest BCUT2D eigenvalue weighted by Gasteiger charge is 2.11. The van der Waals surface area contributed by atoms with Gasteiger partial charge in [0.05, 0.1) is 0 Å². The molecule has 7 heteroatoms. The van der Waals surface area contributed by atoms with Crippen LogP contribution in [0, 0.1) is 0 Å². The molecule has 0 atom stereocenters. The van der Waals surface area contributed by atoms with Crippen molar-refractivity contribution >= 4 is 0 Å². The average Bonchev–Trinajstić information content (AvgIpc) is 3.28. The van der Waals surface area contributed by atoms with Crippen molar-refractivity contribution in [3.8, 4) is 34.2 Å². The summed E-state index contributed by atoms with van der Waals surface area (Å²) in [5.41, 5.74) is 2.58. The lowest BCUT2D eigenvalue weighted by molar-refractivity contribution is 0.432. The molecule has 4 rings (SSSR count). The van der Waals surface area contributed by atoms with Crippen LogP contribution in [0.2, 0.25) is 0 Å². The number of aromatic amines is 1. The first-order valence-electron chi connectivity index (χ1n) is 6.60. The summed E-state index contributed by atoms with van der Waals surface area (Å²) >= 11 is 0. The summed E-state index contributed by atoms with van der Waals surface area (Å²) in [5.74, 6) is 1.67. The van der Waals surface area contributed by atoms with E-state index in [1.54, 1.807) is 12.4 Å². The quantitative estimate of drug-likeness (QED) is 0.623. The Balaban J connectivity index is 1.71. The van der Waals surface area contributed by atoms with Crippen molar-refractivity contribution in [1.82, 2.24) is 30.3 Å². The smallest absolute Gasteiger partial charge is 0.258 e. The highest BCUT2D eigenvalue weighted by atomic mass is 16.5. The maximum atomic E-state index is 5.35. The predicted molar refractivity (Wildman–Crippen MR) is 78.3 cm³/mol. The minimum atomic E-state index is 0.452. The second-order valence-corrected chi connectivity index (χ2v) is 4.57. The van der Waals surface area contributed by atoms with Gasteiger partial charge in [-0.05, 0) is 24.3 Å². The van der Waals surface area contributed by atoms with Crippen LogP contribution in [-0.2, 0) is 0 Å². The molecule has 3 aromatic heterocycles. The van der Waals surface area contributed by atoms with E-state index in [9.17, 15) is 0 Å². The van der Waals surface area contributed by atoms with E-state index in [1.165, 1.54) is 6.33 Å². The molecule has 7 nitrogen and oxygen atoms in total. The lowest BCUT2D eigenvalue weighted by Gasteiger charge is -1.98. The van der Waals surface area contributed by atoms with Gasteiger partial charge in [0.25, 0.3) is 5.89 Å². The van der Waals surface area contributed by atoms with Crippen LogP contribution in [0.1, 0.15) is 0 Å². The summed E-state index contributed by atoms with van der Waals surface area (Å²) in [6.07, 6.45) is 4.85. The minimum absolute atomic E-state index is 0.452. The monoisotopic (exact) mass is 290 g/mol. The van der Waals surface area contributed by atoms with Gasteiger partial charge in [0.15, 0.2) is 5.82 Å². The van der Waals surface area contributed by atoms with Crippen molar-refractivity contribution in [2.75, 3.05) is 0 Å². The molecule has 0 saturated carbocycles. The highest BCUT2D eigenvalue weighted by Crippen LogP contribution is 2.25. The number of nitrogens with zero attached hydrogens (tertiary/aromatic N) is 5. The molecule has 3 heterocycles. The van der Waals surface area contributed by atoms with Gasteiger partial charge in [-0.2, -0.15) is 10.1 Å². The number of pyridine rings is 1. The van der Waals surface area contributed by atoms with Gasteiger partial charge in [0.1, 0.15) is 6.33 Å². The van der Waals surface area contributed by atoms with Crippen molar-refractivity contribution < 1.29 is 4.52 Å². The summed E-state index contributed by atoms with van der Waals surface area (Å²) in [6, 6.07) is 11.3. The molecule has 0 unspecified atom stereocenters. The van der Waals surface area contributed by atoms with Gasteiger partial charge in [0.2, 0.25) is 5.82 Å². The Kier molecular flexibility index (Phi) is 2.93. The molecule has 106 valence electrons. The number of hydrogen-bond donors (Lipinski definition) is 1. The van der Waals surface area contributed by atoms with Crippen molar-refractivity contribution in [2.45, 2.75) is 0 Å². The molecular formula is C15H10N6O. The number of benzene rings is 1. The number of nitrogens with one attached hydrogen (secondary N) is 1. The van der Waals surface area contributed by atoms with Crippen molar-refractivity contribution in [3.05, 3.63) is 55.1 Å². The topological polar surface area (TPSA) is 93.4 Å². The second kappa shape index (κ2) is 5.21. The fourth-order valence-corrected chi connectivity index (χ4v) is 2.10. The Labute approximate surface area is 125 Å². The predicted octanol–water partition coefficient (Wildman–Crippen LogP) is 2.58. The van der Waals surface area contributed by atoms with E-state index in [-0.39, 0.29) is 0 Å². The molecule has 0 fully saturated rings. The van der Waals surface area contributed by atoms with E-state index in [2.05, 4.69) is 30.3 Å². The lowest BCUT2D eigenvalue weighted by atomic mass is 10.1. The molecule has 0 aliphatic carbocycles. The van der Waals surface area contributed by atoms with E-state index < -0.39 is 0 Å². The maximum absolute atomic E-state index is 5.35. The second-order valence-electron chi connectivity index (χ2n) is 4.57. The van der Waals surface area contributed by atoms with Crippen LogP contribution in [-0.4, -0.2) is 30.3 Å². The molecule has 0 aliphatic heterocycles. The third kappa shape index (κ3) is 2.24. The van der Waals surface area contributed by atoms with Crippen LogP contribution in [0.3, 0.4) is 0 Å². The fourth-order valence-electron chi connectivity index (χ4n) is 2.10. The molecule has 0 bridgehead atoms. The molecule has 4 aromatic rings. The Morgan fingerprint density at radius 1 is 0.955 bits per heavy atom. The van der Waals surface area contributed by atoms with Crippen LogP contribution >= 0.6 is 0 Å². The first kappa shape index (κ1) is 12.4. The Hall–Kier alpha value is -3.35. The number of rotatable bonds is 3. The van der Waals surface area contributed by atoms with Crippen molar-refractivity contribution in [2.24, 2.45) is 0 Å². The van der Waals surface area contributed by atoms with Gasteiger partial charge in [-0.15, -0.1) is 0 Å². The molecule has 0 spiro atoms. The van der Waals surface area contributed by atoms with Crippen LogP contribution in [0.5, 0.6) is 0 Å². The van der Waals surface area contributed by atoms with Gasteiger partial charge < -0.3 is 4.52 Å². The van der Waals surface area contributed by atoms with Gasteiger partial charge >= 0.3 is 0 Å². The average molecular weight is 290 g/mol. The highest BCUT2D eigenvalue weighted by molar-refractivity contribution is 5.66. The Bertz CT molecular complexity index is 885. The summed E-state index contributed by atoms with van der Waals surface area (Å²) in [4.78, 5) is 12.5. The third-order valence-electron chi connectivity index (χ3n) is 3.16. The molecule has 0 amide bonds. The van der Waals surface area contributed by atoms with Gasteiger partial charge in [0, 0.05) is 29.1 Å². The van der Waals surface area contributed by atoms with Crippen LogP contribution < -0.4 is 0 Å². The largest absolute Gasteiger partial charge is 0.334 e. The summed E-state index contributed by atoms with van der Waals surface area (Å²) < 4.78 is 5.35. The molecule has 22 heavy (non-hydrogen) atoms. The van der Waals surface area contributed by atoms with Crippen molar-refractivity contribution in [3.63, 3.8) is 0 Å². The number of aromatic nitrogens is 6. The standard InChI is InChI=1S/C15H10N6O/c1-2-11(13-17-9-18-20-13)8-12(3-1)15-19-14(21-22-15)10-4-6-16-7-5-10/h1-9H,(H,17,18,20). The van der Waals surface area contributed by atoms with Crippen LogP contribution in [0.4, 0.5) is 0 Å². The number of hydrogen-bond acceptors (Lipinski definition) is 6. The van der Waals surface area contributed by atoms with Gasteiger partial charge in [-0.25, -0.2) is 4.98 Å². The van der Waals surface area contributed by atoms with Crippen LogP contribution in [0.15, 0.2) is 59.6 Å². The fraction of sp³-hybridized carbons (Fsp3) is 0. The summed E-state index contributed by atoms with van der Waals surface area (Å²) in [7, 11) is 0. The summed E-state index contributed by atoms with van der Waals surface area (Å²) in [5, 5.41) is 10.7.